The average molecular weight is 303 g/mol. The van der Waals surface area contributed by atoms with Crippen LogP contribution in [0.15, 0.2) is 24.3 Å². The number of nitrogens with zero attached hydrogens (tertiary/aromatic N) is 2. The Kier molecular flexibility index (Phi) is 2.60. The fraction of sp³-hybridized carbons (Fsp3) is 0.222. The molecular weight excluding hydrogens is 295 g/mol. The van der Waals surface area contributed by atoms with Crippen LogP contribution >= 0.6 is 22.6 Å². The molecule has 0 fully saturated rings. The van der Waals surface area contributed by atoms with Crippen LogP contribution in [-0.2, 0) is 5.21 Å². The third-order valence-electron chi connectivity index (χ3n) is 2.08. The van der Waals surface area contributed by atoms with E-state index in [0.29, 0.717) is 5.56 Å². The smallest absolute Gasteiger partial charge is 0.315 e. The van der Waals surface area contributed by atoms with E-state index >= 15 is 0 Å². The predicted molar refractivity (Wildman–Crippen MR) is 59.2 cm³/mol. The van der Waals surface area contributed by atoms with E-state index in [2.05, 4.69) is 22.6 Å². The first-order valence-corrected chi connectivity index (χ1v) is 5.28. The number of benzene rings is 1. The topological polar surface area (TPSA) is 49.2 Å². The molecule has 5 heteroatoms. The lowest BCUT2D eigenvalue weighted by molar-refractivity contribution is -0.445. The Labute approximate surface area is 95.1 Å². The minimum atomic E-state index is 0.224. The van der Waals surface area contributed by atoms with Gasteiger partial charge in [-0.05, 0) is 46.9 Å². The Hall–Kier alpha value is -0.820. The molecule has 1 radical (unpaired) electrons. The molecule has 0 aromatic heterocycles. The van der Waals surface area contributed by atoms with Gasteiger partial charge in [0.1, 0.15) is 6.54 Å². The summed E-state index contributed by atoms with van der Waals surface area (Å²) in [5.41, 5.74) is 0.688. The molecule has 14 heavy (non-hydrogen) atoms. The summed E-state index contributed by atoms with van der Waals surface area (Å²) in [6.07, 6.45) is 0. The number of amidine groups is 1. The maximum Gasteiger partial charge on any atom is 0.315 e. The molecule has 1 aliphatic heterocycles. The van der Waals surface area contributed by atoms with Crippen molar-refractivity contribution in [2.75, 3.05) is 13.1 Å². The van der Waals surface area contributed by atoms with E-state index in [9.17, 15) is 10.4 Å². The van der Waals surface area contributed by atoms with Crippen molar-refractivity contribution < 1.29 is 9.95 Å². The van der Waals surface area contributed by atoms with Crippen molar-refractivity contribution in [3.8, 4) is 0 Å². The van der Waals surface area contributed by atoms with Crippen LogP contribution in [0.5, 0.6) is 0 Å². The monoisotopic (exact) mass is 303 g/mol. The van der Waals surface area contributed by atoms with E-state index in [1.807, 2.05) is 12.1 Å². The molecule has 0 unspecified atom stereocenters. The van der Waals surface area contributed by atoms with Gasteiger partial charge < -0.3 is 5.21 Å². The van der Waals surface area contributed by atoms with Crippen molar-refractivity contribution in [1.29, 1.82) is 0 Å². The molecule has 0 N–H and O–H groups in total. The maximum atomic E-state index is 11.3. The van der Waals surface area contributed by atoms with Crippen LogP contribution in [0.1, 0.15) is 5.56 Å². The van der Waals surface area contributed by atoms with Crippen LogP contribution in [0.2, 0.25) is 0 Å². The zero-order valence-electron chi connectivity index (χ0n) is 7.31. The van der Waals surface area contributed by atoms with Gasteiger partial charge in [-0.25, -0.2) is 0 Å². The summed E-state index contributed by atoms with van der Waals surface area (Å²) in [5.74, 6) is 0.224. The molecule has 0 saturated heterocycles. The highest BCUT2D eigenvalue weighted by molar-refractivity contribution is 14.1. The van der Waals surface area contributed by atoms with Gasteiger partial charge in [0.25, 0.3) is 0 Å². The zero-order chi connectivity index (χ0) is 10.1. The molecule has 73 valence electrons. The van der Waals surface area contributed by atoms with Gasteiger partial charge in [0.15, 0.2) is 6.54 Å². The lowest BCUT2D eigenvalue weighted by Gasteiger charge is -2.05. The fourth-order valence-electron chi connectivity index (χ4n) is 1.40. The summed E-state index contributed by atoms with van der Waals surface area (Å²) < 4.78 is 1.83. The van der Waals surface area contributed by atoms with Crippen LogP contribution < -0.4 is 0 Å². The van der Waals surface area contributed by atoms with Gasteiger partial charge >= 0.3 is 5.84 Å². The first-order chi connectivity index (χ1) is 6.68. The van der Waals surface area contributed by atoms with Crippen molar-refractivity contribution in [2.24, 2.45) is 0 Å². The van der Waals surface area contributed by atoms with Gasteiger partial charge in [-0.2, -0.15) is 0 Å². The van der Waals surface area contributed by atoms with Crippen molar-refractivity contribution in [3.05, 3.63) is 38.6 Å². The molecule has 0 spiro atoms. The minimum absolute atomic E-state index is 0.224. The second kappa shape index (κ2) is 3.74. The summed E-state index contributed by atoms with van der Waals surface area (Å²) in [4.78, 5) is 0. The van der Waals surface area contributed by atoms with Crippen LogP contribution in [-0.4, -0.2) is 28.7 Å². The summed E-state index contributed by atoms with van der Waals surface area (Å²) >= 11 is 2.18. The molecule has 0 saturated carbocycles. The Balaban J connectivity index is 2.39. The highest BCUT2D eigenvalue weighted by Gasteiger charge is 2.29. The van der Waals surface area contributed by atoms with Gasteiger partial charge in [-0.15, -0.1) is 0 Å². The van der Waals surface area contributed by atoms with Crippen molar-refractivity contribution in [3.63, 3.8) is 0 Å². The number of hydroxylamine groups is 3. The lowest BCUT2D eigenvalue weighted by atomic mass is 10.2. The molecule has 4 nitrogen and oxygen atoms in total. The molecule has 0 bridgehead atoms. The number of rotatable bonds is 1. The average Bonchev–Trinajstić information content (AvgIpc) is 2.49. The second-order valence-corrected chi connectivity index (χ2v) is 4.28. The normalized spacial score (nSPS) is 16.6. The van der Waals surface area contributed by atoms with E-state index < -0.39 is 0 Å². The highest BCUT2D eigenvalue weighted by atomic mass is 127. The Morgan fingerprint density at radius 2 is 2.00 bits per heavy atom. The van der Waals surface area contributed by atoms with Crippen LogP contribution in [0.25, 0.3) is 0 Å². The number of hydrogen-bond donors (Lipinski definition) is 0. The van der Waals surface area contributed by atoms with E-state index in [-0.39, 0.29) is 18.9 Å². The molecule has 0 atom stereocenters. The first kappa shape index (κ1) is 9.72. The van der Waals surface area contributed by atoms with Gasteiger partial charge in [-0.1, -0.05) is 5.06 Å². The summed E-state index contributed by atoms with van der Waals surface area (Å²) in [6.45, 7) is 0.510. The molecule has 0 amide bonds. The summed E-state index contributed by atoms with van der Waals surface area (Å²) in [7, 11) is 0. The van der Waals surface area contributed by atoms with Crippen LogP contribution in [0.4, 0.5) is 0 Å². The largest absolute Gasteiger partial charge is 0.715 e. The van der Waals surface area contributed by atoms with Gasteiger partial charge in [-0.3, -0.25) is 4.74 Å². The highest BCUT2D eigenvalue weighted by Crippen LogP contribution is 2.11. The molecule has 1 aromatic carbocycles. The summed E-state index contributed by atoms with van der Waals surface area (Å²) in [5, 5.41) is 23.4. The molecule has 1 aliphatic rings. The van der Waals surface area contributed by atoms with E-state index in [0.717, 1.165) is 13.4 Å². The van der Waals surface area contributed by atoms with Crippen molar-refractivity contribution in [2.45, 2.75) is 0 Å². The molecule has 2 rings (SSSR count). The van der Waals surface area contributed by atoms with Gasteiger partial charge in [0, 0.05) is 8.78 Å². The predicted octanol–water partition coefficient (Wildman–Crippen LogP) is 1.21. The van der Waals surface area contributed by atoms with Crippen molar-refractivity contribution >= 4 is 28.4 Å². The SMILES string of the molecule is [O]N1CC[N+]([O-])=C1c1ccc(I)cc1. The Morgan fingerprint density at radius 3 is 2.50 bits per heavy atom. The van der Waals surface area contributed by atoms with Crippen LogP contribution in [0.3, 0.4) is 0 Å². The lowest BCUT2D eigenvalue weighted by Crippen LogP contribution is -2.24. The maximum absolute atomic E-state index is 11.3. The Morgan fingerprint density at radius 1 is 1.36 bits per heavy atom. The molecular formula is C9H8IN2O2. The summed E-state index contributed by atoms with van der Waals surface area (Å²) in [6, 6.07) is 7.34. The fourth-order valence-corrected chi connectivity index (χ4v) is 1.76. The quantitative estimate of drug-likeness (QED) is 0.445. The zero-order valence-corrected chi connectivity index (χ0v) is 9.47. The van der Waals surface area contributed by atoms with E-state index in [1.54, 1.807) is 12.1 Å². The van der Waals surface area contributed by atoms with Crippen LogP contribution in [0, 0.1) is 8.78 Å². The van der Waals surface area contributed by atoms with Crippen molar-refractivity contribution in [1.82, 2.24) is 5.06 Å². The Bertz CT molecular complexity index is 375. The molecule has 0 aliphatic carbocycles. The number of halogens is 1. The van der Waals surface area contributed by atoms with Gasteiger partial charge in [0.2, 0.25) is 0 Å². The third-order valence-corrected chi connectivity index (χ3v) is 2.80. The number of hydrogen-bond acceptors (Lipinski definition) is 2. The molecule has 1 heterocycles. The standard InChI is InChI=1S/C9H8IN2O2/c10-8-3-1-7(2-4-8)9-11(13)5-6-12(9)14/h1-4H,5-6H2. The second-order valence-electron chi connectivity index (χ2n) is 3.03. The third kappa shape index (κ3) is 1.69. The molecule has 1 aromatic rings. The minimum Gasteiger partial charge on any atom is -0.715 e. The first-order valence-electron chi connectivity index (χ1n) is 4.21. The van der Waals surface area contributed by atoms with E-state index in [4.69, 9.17) is 0 Å². The van der Waals surface area contributed by atoms with Gasteiger partial charge in [0.05, 0.1) is 5.56 Å². The van der Waals surface area contributed by atoms with E-state index in [1.165, 1.54) is 0 Å².